The van der Waals surface area contributed by atoms with Crippen LogP contribution in [0.15, 0.2) is 0 Å². The summed E-state index contributed by atoms with van der Waals surface area (Å²) in [5, 5.41) is 0. The predicted octanol–water partition coefficient (Wildman–Crippen LogP) is 2.03. The highest BCUT2D eigenvalue weighted by Crippen LogP contribution is 2.22. The molecule has 0 fully saturated rings. The fraction of sp³-hybridized carbons (Fsp3) is 0.800. The lowest BCUT2D eigenvalue weighted by molar-refractivity contribution is -0.166. The Hall–Kier alpha value is -0.800. The van der Waals surface area contributed by atoms with Gasteiger partial charge in [-0.1, -0.05) is 0 Å². The normalized spacial score (nSPS) is 13.8. The molecule has 94 valence electrons. The number of hydrogen-bond acceptors (Lipinski definition) is 2. The first-order valence-corrected chi connectivity index (χ1v) is 4.83. The monoisotopic (exact) mass is 241 g/mol. The summed E-state index contributed by atoms with van der Waals surface area (Å²) in [6, 6.07) is -0.457. The molecule has 0 aromatic rings. The Kier molecular flexibility index (Phi) is 7.10. The van der Waals surface area contributed by atoms with Crippen LogP contribution >= 0.6 is 0 Å². The smallest absolute Gasteiger partial charge is 0.330 e. The van der Waals surface area contributed by atoms with Crippen molar-refractivity contribution in [1.82, 2.24) is 0 Å². The molecule has 0 aliphatic carbocycles. The van der Waals surface area contributed by atoms with Crippen molar-refractivity contribution in [3.8, 4) is 12.3 Å². The molecule has 2 nitrogen and oxygen atoms in total. The van der Waals surface area contributed by atoms with E-state index >= 15 is 0 Å². The van der Waals surface area contributed by atoms with E-state index in [1.165, 1.54) is 0 Å². The van der Waals surface area contributed by atoms with E-state index in [4.69, 9.17) is 12.2 Å². The first-order chi connectivity index (χ1) is 7.40. The lowest BCUT2D eigenvalue weighted by Gasteiger charge is -2.17. The molecule has 0 bridgehead atoms. The zero-order valence-corrected chi connectivity index (χ0v) is 8.77. The average Bonchev–Trinajstić information content (AvgIpc) is 2.17. The fourth-order valence-corrected chi connectivity index (χ4v) is 0.959. The molecule has 2 N–H and O–H groups in total. The minimum absolute atomic E-state index is 0.174. The topological polar surface area (TPSA) is 35.2 Å². The van der Waals surface area contributed by atoms with E-state index in [9.17, 15) is 17.6 Å². The van der Waals surface area contributed by atoms with Crippen molar-refractivity contribution in [3.63, 3.8) is 0 Å². The van der Waals surface area contributed by atoms with Gasteiger partial charge in [0, 0.05) is 12.5 Å². The van der Waals surface area contributed by atoms with Gasteiger partial charge in [-0.25, -0.2) is 8.78 Å². The maximum Gasteiger partial charge on any atom is 0.330 e. The van der Waals surface area contributed by atoms with E-state index in [2.05, 4.69) is 10.7 Å². The first kappa shape index (κ1) is 15.2. The zero-order chi connectivity index (χ0) is 12.6. The van der Waals surface area contributed by atoms with Crippen LogP contribution < -0.4 is 5.73 Å². The third-order valence-electron chi connectivity index (χ3n) is 1.84. The van der Waals surface area contributed by atoms with Crippen LogP contribution in [-0.4, -0.2) is 31.6 Å². The Morgan fingerprint density at radius 1 is 1.38 bits per heavy atom. The summed E-state index contributed by atoms with van der Waals surface area (Å²) >= 11 is 0. The van der Waals surface area contributed by atoms with E-state index in [1.54, 1.807) is 0 Å². The molecule has 0 aromatic heterocycles. The fourth-order valence-electron chi connectivity index (χ4n) is 0.959. The van der Waals surface area contributed by atoms with Crippen molar-refractivity contribution in [2.24, 2.45) is 5.73 Å². The average molecular weight is 241 g/mol. The van der Waals surface area contributed by atoms with Crippen LogP contribution in [-0.2, 0) is 4.74 Å². The van der Waals surface area contributed by atoms with Gasteiger partial charge in [-0.15, -0.1) is 12.3 Å². The molecule has 1 atom stereocenters. The number of terminal acetylenes is 1. The molecule has 0 amide bonds. The van der Waals surface area contributed by atoms with Crippen molar-refractivity contribution < 1.29 is 22.3 Å². The number of unbranched alkanes of at least 4 members (excludes halogenated alkanes) is 1. The Bertz CT molecular complexity index is 227. The summed E-state index contributed by atoms with van der Waals surface area (Å²) < 4.78 is 52.6. The van der Waals surface area contributed by atoms with Gasteiger partial charge < -0.3 is 10.5 Å². The van der Waals surface area contributed by atoms with Gasteiger partial charge in [0.25, 0.3) is 0 Å². The summed E-state index contributed by atoms with van der Waals surface area (Å²) in [7, 11) is 0. The molecule has 16 heavy (non-hydrogen) atoms. The Labute approximate surface area is 92.1 Å². The van der Waals surface area contributed by atoms with Crippen molar-refractivity contribution in [2.75, 3.05) is 13.2 Å². The second kappa shape index (κ2) is 7.47. The number of ether oxygens (including phenoxy) is 1. The van der Waals surface area contributed by atoms with Gasteiger partial charge in [-0.3, -0.25) is 0 Å². The molecule has 6 heteroatoms. The molecule has 0 radical (unpaired) electrons. The molecular formula is C10H15F4NO. The molecule has 0 saturated heterocycles. The molecule has 1 unspecified atom stereocenters. The maximum absolute atomic E-state index is 12.4. The van der Waals surface area contributed by atoms with Crippen molar-refractivity contribution >= 4 is 0 Å². The number of rotatable bonds is 8. The lowest BCUT2D eigenvalue weighted by Crippen LogP contribution is -2.35. The molecule has 0 rings (SSSR count). The molecule has 0 aromatic carbocycles. The summed E-state index contributed by atoms with van der Waals surface area (Å²) in [5.41, 5.74) is 5.49. The van der Waals surface area contributed by atoms with Crippen LogP contribution in [0.2, 0.25) is 0 Å². The van der Waals surface area contributed by atoms with Crippen LogP contribution in [0.1, 0.15) is 19.3 Å². The van der Waals surface area contributed by atoms with Crippen LogP contribution in [0.25, 0.3) is 0 Å². The third kappa shape index (κ3) is 6.64. The van der Waals surface area contributed by atoms with Gasteiger partial charge in [-0.05, 0) is 12.8 Å². The largest absolute Gasteiger partial charge is 0.373 e. The maximum atomic E-state index is 12.4. The van der Waals surface area contributed by atoms with Crippen LogP contribution in [0.4, 0.5) is 17.6 Å². The van der Waals surface area contributed by atoms with Crippen LogP contribution in [0.5, 0.6) is 0 Å². The van der Waals surface area contributed by atoms with E-state index in [-0.39, 0.29) is 6.61 Å². The Balaban J connectivity index is 3.62. The van der Waals surface area contributed by atoms with Gasteiger partial charge in [0.1, 0.15) is 6.61 Å². The molecule has 0 spiro atoms. The molecule has 0 aliphatic rings. The second-order valence-corrected chi connectivity index (χ2v) is 3.43. The minimum atomic E-state index is -4.11. The van der Waals surface area contributed by atoms with E-state index in [0.29, 0.717) is 19.3 Å². The number of halogens is 4. The van der Waals surface area contributed by atoms with E-state index in [0.717, 1.165) is 0 Å². The highest BCUT2D eigenvalue weighted by Gasteiger charge is 2.40. The van der Waals surface area contributed by atoms with Crippen molar-refractivity contribution in [1.29, 1.82) is 0 Å². The van der Waals surface area contributed by atoms with Gasteiger partial charge >= 0.3 is 12.3 Å². The molecule has 0 heterocycles. The third-order valence-corrected chi connectivity index (χ3v) is 1.84. The summed E-state index contributed by atoms with van der Waals surface area (Å²) in [6.45, 7) is -1.49. The SMILES string of the molecule is C#CCCCC(N)COCC(F)(F)C(F)F. The van der Waals surface area contributed by atoms with E-state index in [1.807, 2.05) is 0 Å². The number of alkyl halides is 4. The highest BCUT2D eigenvalue weighted by atomic mass is 19.3. The Morgan fingerprint density at radius 3 is 2.50 bits per heavy atom. The number of nitrogens with two attached hydrogens (primary N) is 1. The van der Waals surface area contributed by atoms with E-state index < -0.39 is 25.0 Å². The molecule has 0 aliphatic heterocycles. The minimum Gasteiger partial charge on any atom is -0.373 e. The van der Waals surface area contributed by atoms with Gasteiger partial charge in [0.2, 0.25) is 0 Å². The predicted molar refractivity (Wildman–Crippen MR) is 52.4 cm³/mol. The quantitative estimate of drug-likeness (QED) is 0.401. The molecular weight excluding hydrogens is 226 g/mol. The van der Waals surface area contributed by atoms with Gasteiger partial charge in [0.05, 0.1) is 6.61 Å². The first-order valence-electron chi connectivity index (χ1n) is 4.83. The molecule has 0 saturated carbocycles. The Morgan fingerprint density at radius 2 is 2.00 bits per heavy atom. The summed E-state index contributed by atoms with van der Waals surface area (Å²) in [6.07, 6.45) is 3.00. The second-order valence-electron chi connectivity index (χ2n) is 3.43. The summed E-state index contributed by atoms with van der Waals surface area (Å²) in [4.78, 5) is 0. The standard InChI is InChI=1S/C10H15F4NO/c1-2-3-4-5-8(15)6-16-7-10(13,14)9(11)12/h1,8-9H,3-7,15H2. The number of hydrogen-bond donors (Lipinski definition) is 1. The van der Waals surface area contributed by atoms with Crippen LogP contribution in [0, 0.1) is 12.3 Å². The summed E-state index contributed by atoms with van der Waals surface area (Å²) in [5.74, 6) is -1.71. The van der Waals surface area contributed by atoms with Crippen LogP contribution in [0.3, 0.4) is 0 Å². The van der Waals surface area contributed by atoms with Crippen molar-refractivity contribution in [2.45, 2.75) is 37.7 Å². The highest BCUT2D eigenvalue weighted by molar-refractivity contribution is 4.83. The van der Waals surface area contributed by atoms with Crippen molar-refractivity contribution in [3.05, 3.63) is 0 Å². The lowest BCUT2D eigenvalue weighted by atomic mass is 10.1. The van der Waals surface area contributed by atoms with Gasteiger partial charge in [-0.2, -0.15) is 8.78 Å². The zero-order valence-electron chi connectivity index (χ0n) is 8.77. The van der Waals surface area contributed by atoms with Gasteiger partial charge in [0.15, 0.2) is 0 Å².